The fourth-order valence-corrected chi connectivity index (χ4v) is 3.06. The summed E-state index contributed by atoms with van der Waals surface area (Å²) in [7, 11) is 0. The van der Waals surface area contributed by atoms with Gasteiger partial charge in [-0.05, 0) is 65.6 Å². The number of ether oxygens (including phenoxy) is 1. The number of nitrogens with zero attached hydrogens (tertiary/aromatic N) is 2. The molecular weight excluding hydrogens is 250 g/mol. The van der Waals surface area contributed by atoms with Crippen LogP contribution in [0.5, 0.6) is 0 Å². The van der Waals surface area contributed by atoms with E-state index in [-0.39, 0.29) is 5.60 Å². The molecule has 1 aromatic rings. The van der Waals surface area contributed by atoms with Crippen molar-refractivity contribution in [2.45, 2.75) is 72.1 Å². The molecule has 0 amide bonds. The van der Waals surface area contributed by atoms with Crippen molar-refractivity contribution in [2.24, 2.45) is 0 Å². The van der Waals surface area contributed by atoms with Crippen LogP contribution in [0, 0.1) is 13.8 Å². The van der Waals surface area contributed by atoms with E-state index in [1.807, 2.05) is 0 Å². The molecule has 20 heavy (non-hydrogen) atoms. The summed E-state index contributed by atoms with van der Waals surface area (Å²) in [5.41, 5.74) is 3.89. The lowest BCUT2D eigenvalue weighted by atomic mass is 10.1. The molecule has 2 heterocycles. The number of likely N-dealkylation sites (N-methyl/N-ethyl adjacent to an activating group) is 1. The number of aromatic nitrogens is 2. The first-order valence-electron chi connectivity index (χ1n) is 7.84. The van der Waals surface area contributed by atoms with Crippen LogP contribution in [0.4, 0.5) is 0 Å². The highest BCUT2D eigenvalue weighted by molar-refractivity contribution is 5.25. The van der Waals surface area contributed by atoms with Crippen molar-refractivity contribution in [2.75, 3.05) is 13.1 Å². The third-order valence-electron chi connectivity index (χ3n) is 4.26. The van der Waals surface area contributed by atoms with Gasteiger partial charge in [0.05, 0.1) is 23.9 Å². The fraction of sp³-hybridized carbons (Fsp3) is 0.812. The van der Waals surface area contributed by atoms with Crippen molar-refractivity contribution in [3.63, 3.8) is 0 Å². The Labute approximate surface area is 122 Å². The number of aryl methyl sites for hydroxylation is 1. The lowest BCUT2D eigenvalue weighted by Crippen LogP contribution is -2.23. The maximum Gasteiger partial charge on any atom is 0.0779 e. The highest BCUT2D eigenvalue weighted by Crippen LogP contribution is 2.30. The van der Waals surface area contributed by atoms with Crippen LogP contribution >= 0.6 is 0 Å². The molecule has 1 aromatic heterocycles. The largest absolute Gasteiger partial charge is 0.370 e. The molecule has 1 aliphatic rings. The first-order chi connectivity index (χ1) is 9.43. The average molecular weight is 279 g/mol. The molecule has 0 radical (unpaired) electrons. The standard InChI is InChI=1S/C16H29N3O/c1-6-17-10-8-15-12(2)18-19(13(15)3)11-14-7-9-16(4,5)20-14/h14,17H,6-11H2,1-5H3. The summed E-state index contributed by atoms with van der Waals surface area (Å²) in [6, 6.07) is 0. The zero-order valence-corrected chi connectivity index (χ0v) is 13.6. The van der Waals surface area contributed by atoms with Gasteiger partial charge in [0.25, 0.3) is 0 Å². The van der Waals surface area contributed by atoms with Crippen molar-refractivity contribution >= 4 is 0 Å². The topological polar surface area (TPSA) is 39.1 Å². The van der Waals surface area contributed by atoms with Gasteiger partial charge in [-0.25, -0.2) is 0 Å². The van der Waals surface area contributed by atoms with E-state index < -0.39 is 0 Å². The molecular formula is C16H29N3O. The second-order valence-electron chi connectivity index (χ2n) is 6.47. The third-order valence-corrected chi connectivity index (χ3v) is 4.26. The summed E-state index contributed by atoms with van der Waals surface area (Å²) in [6.07, 6.45) is 3.65. The van der Waals surface area contributed by atoms with Crippen LogP contribution in [0.15, 0.2) is 0 Å². The van der Waals surface area contributed by atoms with Crippen LogP contribution in [0.1, 0.15) is 50.6 Å². The van der Waals surface area contributed by atoms with Gasteiger partial charge in [-0.2, -0.15) is 5.10 Å². The Kier molecular flexibility index (Phi) is 4.86. The van der Waals surface area contributed by atoms with Gasteiger partial charge in [-0.15, -0.1) is 0 Å². The Bertz CT molecular complexity index is 451. The minimum Gasteiger partial charge on any atom is -0.370 e. The number of hydrogen-bond donors (Lipinski definition) is 1. The fourth-order valence-electron chi connectivity index (χ4n) is 3.06. The zero-order chi connectivity index (χ0) is 14.8. The summed E-state index contributed by atoms with van der Waals surface area (Å²) in [5, 5.41) is 8.09. The minimum absolute atomic E-state index is 0.0364. The van der Waals surface area contributed by atoms with Gasteiger partial charge >= 0.3 is 0 Å². The van der Waals surface area contributed by atoms with E-state index in [1.165, 1.54) is 11.3 Å². The molecule has 1 N–H and O–H groups in total. The molecule has 1 saturated heterocycles. The predicted octanol–water partition coefficient (Wildman–Crippen LogP) is 2.61. The molecule has 0 saturated carbocycles. The molecule has 1 aliphatic heterocycles. The van der Waals surface area contributed by atoms with Gasteiger partial charge in [0.1, 0.15) is 0 Å². The van der Waals surface area contributed by atoms with Gasteiger partial charge in [0, 0.05) is 5.69 Å². The second kappa shape index (κ2) is 6.27. The van der Waals surface area contributed by atoms with Crippen molar-refractivity contribution in [3.05, 3.63) is 17.0 Å². The molecule has 1 fully saturated rings. The van der Waals surface area contributed by atoms with E-state index in [0.29, 0.717) is 6.10 Å². The molecule has 0 aliphatic carbocycles. The predicted molar refractivity (Wildman–Crippen MR) is 82.1 cm³/mol. The molecule has 4 heteroatoms. The van der Waals surface area contributed by atoms with Gasteiger partial charge < -0.3 is 10.1 Å². The van der Waals surface area contributed by atoms with E-state index in [0.717, 1.165) is 44.6 Å². The van der Waals surface area contributed by atoms with Crippen molar-refractivity contribution < 1.29 is 4.74 Å². The summed E-state index contributed by atoms with van der Waals surface area (Å²) in [5.74, 6) is 0. The van der Waals surface area contributed by atoms with Crippen LogP contribution < -0.4 is 5.32 Å². The molecule has 1 unspecified atom stereocenters. The van der Waals surface area contributed by atoms with Crippen LogP contribution in [0.2, 0.25) is 0 Å². The number of rotatable bonds is 6. The zero-order valence-electron chi connectivity index (χ0n) is 13.6. The SMILES string of the molecule is CCNCCc1c(C)nn(CC2CCC(C)(C)O2)c1C. The number of hydrogen-bond acceptors (Lipinski definition) is 3. The summed E-state index contributed by atoms with van der Waals surface area (Å²) in [4.78, 5) is 0. The monoisotopic (exact) mass is 279 g/mol. The Balaban J connectivity index is 2.00. The lowest BCUT2D eigenvalue weighted by molar-refractivity contribution is -0.0232. The first-order valence-corrected chi connectivity index (χ1v) is 7.84. The summed E-state index contributed by atoms with van der Waals surface area (Å²) >= 11 is 0. The highest BCUT2D eigenvalue weighted by Gasteiger charge is 2.32. The summed E-state index contributed by atoms with van der Waals surface area (Å²) in [6.45, 7) is 13.7. The normalized spacial score (nSPS) is 21.6. The van der Waals surface area contributed by atoms with E-state index in [9.17, 15) is 0 Å². The maximum atomic E-state index is 6.08. The average Bonchev–Trinajstić information content (AvgIpc) is 2.84. The first kappa shape index (κ1) is 15.5. The molecule has 114 valence electrons. The third kappa shape index (κ3) is 3.61. The molecule has 4 nitrogen and oxygen atoms in total. The van der Waals surface area contributed by atoms with Gasteiger partial charge in [0.15, 0.2) is 0 Å². The van der Waals surface area contributed by atoms with Crippen LogP contribution in [-0.2, 0) is 17.7 Å². The highest BCUT2D eigenvalue weighted by atomic mass is 16.5. The van der Waals surface area contributed by atoms with E-state index in [4.69, 9.17) is 9.84 Å². The van der Waals surface area contributed by atoms with Crippen LogP contribution in [-0.4, -0.2) is 34.6 Å². The molecule has 0 aromatic carbocycles. The van der Waals surface area contributed by atoms with Gasteiger partial charge in [-0.1, -0.05) is 6.92 Å². The minimum atomic E-state index is 0.0364. The van der Waals surface area contributed by atoms with E-state index in [2.05, 4.69) is 44.6 Å². The quantitative estimate of drug-likeness (QED) is 0.814. The Morgan fingerprint density at radius 1 is 1.40 bits per heavy atom. The van der Waals surface area contributed by atoms with E-state index >= 15 is 0 Å². The van der Waals surface area contributed by atoms with Crippen molar-refractivity contribution in [1.82, 2.24) is 15.1 Å². The lowest BCUT2D eigenvalue weighted by Gasteiger charge is -2.19. The van der Waals surface area contributed by atoms with Crippen molar-refractivity contribution in [3.8, 4) is 0 Å². The summed E-state index contributed by atoms with van der Waals surface area (Å²) < 4.78 is 8.22. The molecule has 1 atom stereocenters. The smallest absolute Gasteiger partial charge is 0.0779 e. The Morgan fingerprint density at radius 2 is 2.15 bits per heavy atom. The maximum absolute atomic E-state index is 6.08. The second-order valence-corrected chi connectivity index (χ2v) is 6.47. The van der Waals surface area contributed by atoms with Gasteiger partial charge in [0.2, 0.25) is 0 Å². The van der Waals surface area contributed by atoms with Gasteiger partial charge in [-0.3, -0.25) is 4.68 Å². The molecule has 0 bridgehead atoms. The van der Waals surface area contributed by atoms with Crippen LogP contribution in [0.3, 0.4) is 0 Å². The molecule has 0 spiro atoms. The van der Waals surface area contributed by atoms with Crippen LogP contribution in [0.25, 0.3) is 0 Å². The Morgan fingerprint density at radius 3 is 2.75 bits per heavy atom. The Hall–Kier alpha value is -0.870. The number of nitrogens with one attached hydrogen (secondary N) is 1. The molecule has 2 rings (SSSR count). The van der Waals surface area contributed by atoms with E-state index in [1.54, 1.807) is 0 Å². The van der Waals surface area contributed by atoms with Crippen molar-refractivity contribution in [1.29, 1.82) is 0 Å².